The van der Waals surface area contributed by atoms with Crippen molar-refractivity contribution in [1.29, 1.82) is 0 Å². The lowest BCUT2D eigenvalue weighted by molar-refractivity contribution is -0.121. The highest BCUT2D eigenvalue weighted by molar-refractivity contribution is 5.76. The first kappa shape index (κ1) is 14.7. The summed E-state index contributed by atoms with van der Waals surface area (Å²) < 4.78 is 0. The first-order valence-corrected chi connectivity index (χ1v) is 7.02. The number of amides is 1. The van der Waals surface area contributed by atoms with Crippen LogP contribution in [0.4, 0.5) is 0 Å². The summed E-state index contributed by atoms with van der Waals surface area (Å²) in [6, 6.07) is 8.84. The third kappa shape index (κ3) is 5.35. The van der Waals surface area contributed by atoms with E-state index in [4.69, 9.17) is 0 Å². The zero-order valence-electron chi connectivity index (χ0n) is 11.8. The number of nitrogens with one attached hydrogen (secondary N) is 1. The molecule has 0 bridgehead atoms. The molecule has 0 heterocycles. The molecule has 0 radical (unpaired) electrons. The molecule has 100 valence electrons. The molecular formula is C16H25NO. The lowest BCUT2D eigenvalue weighted by atomic mass is 10.1. The minimum atomic E-state index is 0.163. The zero-order valence-corrected chi connectivity index (χ0v) is 11.8. The number of aryl methyl sites for hydroxylation is 2. The molecule has 1 N–H and O–H groups in total. The van der Waals surface area contributed by atoms with Gasteiger partial charge in [-0.2, -0.15) is 0 Å². The highest BCUT2D eigenvalue weighted by atomic mass is 16.1. The fraction of sp³-hybridized carbons (Fsp3) is 0.562. The lowest BCUT2D eigenvalue weighted by Gasteiger charge is -2.12. The molecule has 2 nitrogen and oxygen atoms in total. The van der Waals surface area contributed by atoms with E-state index in [-0.39, 0.29) is 5.91 Å². The van der Waals surface area contributed by atoms with Crippen LogP contribution in [0.3, 0.4) is 0 Å². The van der Waals surface area contributed by atoms with E-state index in [1.165, 1.54) is 11.1 Å². The second kappa shape index (κ2) is 7.91. The van der Waals surface area contributed by atoms with Crippen LogP contribution in [0.5, 0.6) is 0 Å². The minimum absolute atomic E-state index is 0.163. The summed E-state index contributed by atoms with van der Waals surface area (Å²) in [5.41, 5.74) is 2.59. The molecule has 0 unspecified atom stereocenters. The Hall–Kier alpha value is -1.31. The predicted octanol–water partition coefficient (Wildman–Crippen LogP) is 3.49. The highest BCUT2D eigenvalue weighted by Crippen LogP contribution is 2.07. The quantitative estimate of drug-likeness (QED) is 0.785. The van der Waals surface area contributed by atoms with Crippen molar-refractivity contribution in [3.05, 3.63) is 35.4 Å². The molecule has 0 fully saturated rings. The predicted molar refractivity (Wildman–Crippen MR) is 76.7 cm³/mol. The minimum Gasteiger partial charge on any atom is -0.354 e. The van der Waals surface area contributed by atoms with Gasteiger partial charge in [0, 0.05) is 12.5 Å². The molecule has 1 aromatic rings. The van der Waals surface area contributed by atoms with Crippen LogP contribution >= 0.6 is 0 Å². The van der Waals surface area contributed by atoms with Crippen molar-refractivity contribution in [1.82, 2.24) is 5.32 Å². The number of rotatable bonds is 7. The van der Waals surface area contributed by atoms with Crippen LogP contribution in [-0.4, -0.2) is 11.9 Å². The van der Waals surface area contributed by atoms with Gasteiger partial charge in [0.25, 0.3) is 0 Å². The monoisotopic (exact) mass is 247 g/mol. The molecular weight excluding hydrogens is 222 g/mol. The Bertz CT molecular complexity index is 356. The van der Waals surface area contributed by atoms with Crippen molar-refractivity contribution in [2.45, 2.75) is 58.9 Å². The summed E-state index contributed by atoms with van der Waals surface area (Å²) in [4.78, 5) is 11.7. The van der Waals surface area contributed by atoms with Crippen LogP contribution in [0.25, 0.3) is 0 Å². The summed E-state index contributed by atoms with van der Waals surface area (Å²) in [5, 5.41) is 3.03. The summed E-state index contributed by atoms with van der Waals surface area (Å²) in [7, 11) is 0. The molecule has 1 aromatic carbocycles. The Balaban J connectivity index is 2.33. The molecule has 1 amide bonds. The fourth-order valence-electron chi connectivity index (χ4n) is 2.05. The Labute approximate surface area is 111 Å². The molecule has 0 aliphatic carbocycles. The number of benzene rings is 1. The van der Waals surface area contributed by atoms with Crippen molar-refractivity contribution in [2.75, 3.05) is 0 Å². The Morgan fingerprint density at radius 1 is 1.17 bits per heavy atom. The summed E-state index contributed by atoms with van der Waals surface area (Å²) >= 11 is 0. The van der Waals surface area contributed by atoms with E-state index in [2.05, 4.69) is 50.4 Å². The summed E-state index contributed by atoms with van der Waals surface area (Å²) in [6.45, 7) is 6.35. The van der Waals surface area contributed by atoms with Crippen LogP contribution in [0, 0.1) is 0 Å². The average Bonchev–Trinajstić information content (AvgIpc) is 2.37. The summed E-state index contributed by atoms with van der Waals surface area (Å²) in [5.74, 6) is 0.163. The van der Waals surface area contributed by atoms with E-state index < -0.39 is 0 Å². The zero-order chi connectivity index (χ0) is 13.4. The molecule has 0 saturated carbocycles. The largest absolute Gasteiger partial charge is 0.354 e. The van der Waals surface area contributed by atoms with Crippen LogP contribution < -0.4 is 5.32 Å². The molecule has 2 heteroatoms. The van der Waals surface area contributed by atoms with Crippen molar-refractivity contribution < 1.29 is 4.79 Å². The molecule has 0 saturated heterocycles. The van der Waals surface area contributed by atoms with Crippen molar-refractivity contribution in [3.63, 3.8) is 0 Å². The number of hydrogen-bond donors (Lipinski definition) is 1. The van der Waals surface area contributed by atoms with E-state index in [1.807, 2.05) is 0 Å². The van der Waals surface area contributed by atoms with Crippen molar-refractivity contribution in [3.8, 4) is 0 Å². The van der Waals surface area contributed by atoms with Crippen LogP contribution in [-0.2, 0) is 17.6 Å². The van der Waals surface area contributed by atoms with Gasteiger partial charge < -0.3 is 5.32 Å². The smallest absolute Gasteiger partial charge is 0.220 e. The second-order valence-electron chi connectivity index (χ2n) is 4.93. The van der Waals surface area contributed by atoms with Crippen LogP contribution in [0.1, 0.15) is 51.2 Å². The first-order chi connectivity index (χ1) is 8.65. The molecule has 1 rings (SSSR count). The molecule has 0 aliphatic rings. The number of carbonyl (C=O) groups is 1. The highest BCUT2D eigenvalue weighted by Gasteiger charge is 2.06. The fourth-order valence-corrected chi connectivity index (χ4v) is 2.05. The maximum absolute atomic E-state index is 11.7. The summed E-state index contributed by atoms with van der Waals surface area (Å²) in [6.07, 6.45) is 4.64. The SMILES string of the molecule is CCC[C@@H](C)NC(=O)CCc1ccc(CC)cc1. The average molecular weight is 247 g/mol. The number of hydrogen-bond acceptors (Lipinski definition) is 1. The standard InChI is InChI=1S/C16H25NO/c1-4-6-13(3)17-16(18)12-11-15-9-7-14(5-2)8-10-15/h7-10,13H,4-6,11-12H2,1-3H3,(H,17,18)/t13-/m1/s1. The molecule has 18 heavy (non-hydrogen) atoms. The molecule has 0 aromatic heterocycles. The van der Waals surface area contributed by atoms with E-state index in [0.29, 0.717) is 12.5 Å². The van der Waals surface area contributed by atoms with Crippen LogP contribution in [0.2, 0.25) is 0 Å². The third-order valence-corrected chi connectivity index (χ3v) is 3.20. The van der Waals surface area contributed by atoms with Gasteiger partial charge in [0.1, 0.15) is 0 Å². The molecule has 0 spiro atoms. The van der Waals surface area contributed by atoms with Crippen molar-refractivity contribution >= 4 is 5.91 Å². The maximum Gasteiger partial charge on any atom is 0.220 e. The van der Waals surface area contributed by atoms with Crippen LogP contribution in [0.15, 0.2) is 24.3 Å². The van der Waals surface area contributed by atoms with Gasteiger partial charge in [-0.05, 0) is 37.3 Å². The van der Waals surface area contributed by atoms with Gasteiger partial charge in [-0.15, -0.1) is 0 Å². The van der Waals surface area contributed by atoms with E-state index in [1.54, 1.807) is 0 Å². The molecule has 0 aliphatic heterocycles. The van der Waals surface area contributed by atoms with Gasteiger partial charge in [-0.1, -0.05) is 44.5 Å². The van der Waals surface area contributed by atoms with Gasteiger partial charge in [0.05, 0.1) is 0 Å². The normalized spacial score (nSPS) is 12.2. The maximum atomic E-state index is 11.7. The Morgan fingerprint density at radius 2 is 1.78 bits per heavy atom. The Kier molecular flexibility index (Phi) is 6.48. The first-order valence-electron chi connectivity index (χ1n) is 7.02. The number of carbonyl (C=O) groups excluding carboxylic acids is 1. The topological polar surface area (TPSA) is 29.1 Å². The van der Waals surface area contributed by atoms with Crippen molar-refractivity contribution in [2.24, 2.45) is 0 Å². The van der Waals surface area contributed by atoms with Gasteiger partial charge in [0.2, 0.25) is 5.91 Å². The molecule has 1 atom stereocenters. The Morgan fingerprint density at radius 3 is 2.33 bits per heavy atom. The van der Waals surface area contributed by atoms with E-state index in [9.17, 15) is 4.79 Å². The van der Waals surface area contributed by atoms with Gasteiger partial charge in [-0.25, -0.2) is 0 Å². The second-order valence-corrected chi connectivity index (χ2v) is 4.93. The van der Waals surface area contributed by atoms with Gasteiger partial charge in [-0.3, -0.25) is 4.79 Å². The van der Waals surface area contributed by atoms with Gasteiger partial charge >= 0.3 is 0 Å². The third-order valence-electron chi connectivity index (χ3n) is 3.20. The van der Waals surface area contributed by atoms with E-state index in [0.717, 1.165) is 25.7 Å². The van der Waals surface area contributed by atoms with E-state index >= 15 is 0 Å². The lowest BCUT2D eigenvalue weighted by Crippen LogP contribution is -2.32. The van der Waals surface area contributed by atoms with Gasteiger partial charge in [0.15, 0.2) is 0 Å².